The summed E-state index contributed by atoms with van der Waals surface area (Å²) in [5, 5.41) is 0.0129. The molecule has 3 nitrogen and oxygen atoms in total. The van der Waals surface area contributed by atoms with Crippen LogP contribution < -0.4 is 0 Å². The van der Waals surface area contributed by atoms with Crippen molar-refractivity contribution in [2.24, 2.45) is 0 Å². The van der Waals surface area contributed by atoms with Crippen LogP contribution in [0, 0.1) is 0 Å². The zero-order chi connectivity index (χ0) is 15.7. The molecule has 0 aliphatic carbocycles. The lowest BCUT2D eigenvalue weighted by molar-refractivity contribution is -0.141. The zero-order valence-electron chi connectivity index (χ0n) is 9.87. The summed E-state index contributed by atoms with van der Waals surface area (Å²) in [5.41, 5.74) is -0.973. The third-order valence-corrected chi connectivity index (χ3v) is 3.97. The third-order valence-electron chi connectivity index (χ3n) is 2.14. The van der Waals surface area contributed by atoms with Crippen LogP contribution in [0.25, 0.3) is 0 Å². The monoisotopic (exact) mass is 345 g/mol. The number of halogens is 6. The number of hydrogen-bond acceptors (Lipinski definition) is 5. The SMILES string of the molecule is FC(F)(F)c1cc(SCc2cc(C(F)(F)F)sn2)ncn1. The van der Waals surface area contributed by atoms with E-state index in [0.29, 0.717) is 11.5 Å². The van der Waals surface area contributed by atoms with Crippen LogP contribution in [0.5, 0.6) is 0 Å². The van der Waals surface area contributed by atoms with Crippen LogP contribution in [0.2, 0.25) is 0 Å². The smallest absolute Gasteiger partial charge is 0.232 e. The van der Waals surface area contributed by atoms with Gasteiger partial charge in [0.05, 0.1) is 5.69 Å². The molecule has 2 aromatic heterocycles. The molecule has 0 spiro atoms. The van der Waals surface area contributed by atoms with Gasteiger partial charge >= 0.3 is 12.4 Å². The van der Waals surface area contributed by atoms with Crippen molar-refractivity contribution in [1.29, 1.82) is 0 Å². The first kappa shape index (κ1) is 16.0. The van der Waals surface area contributed by atoms with Gasteiger partial charge in [0.1, 0.15) is 21.9 Å². The second kappa shape index (κ2) is 5.79. The lowest BCUT2D eigenvalue weighted by Gasteiger charge is -2.06. The van der Waals surface area contributed by atoms with Crippen molar-refractivity contribution in [2.45, 2.75) is 23.1 Å². The quantitative estimate of drug-likeness (QED) is 0.473. The fourth-order valence-electron chi connectivity index (χ4n) is 1.23. The van der Waals surface area contributed by atoms with E-state index in [0.717, 1.165) is 30.2 Å². The zero-order valence-corrected chi connectivity index (χ0v) is 11.5. The van der Waals surface area contributed by atoms with Crippen LogP contribution >= 0.6 is 23.3 Å². The molecule has 0 amide bonds. The second-order valence-corrected chi connectivity index (χ2v) is 5.51. The lowest BCUT2D eigenvalue weighted by atomic mass is 10.4. The number of nitrogens with zero attached hydrogens (tertiary/aromatic N) is 3. The highest BCUT2D eigenvalue weighted by atomic mass is 32.2. The molecule has 0 saturated carbocycles. The summed E-state index contributed by atoms with van der Waals surface area (Å²) in [7, 11) is 0. The molecule has 0 saturated heterocycles. The van der Waals surface area contributed by atoms with E-state index in [9.17, 15) is 26.3 Å². The minimum atomic E-state index is -4.59. The van der Waals surface area contributed by atoms with E-state index in [1.807, 2.05) is 0 Å². The second-order valence-electron chi connectivity index (χ2n) is 3.71. The van der Waals surface area contributed by atoms with Crippen LogP contribution in [0.1, 0.15) is 16.3 Å². The van der Waals surface area contributed by atoms with Crippen LogP contribution in [0.3, 0.4) is 0 Å². The van der Waals surface area contributed by atoms with Crippen LogP contribution in [-0.4, -0.2) is 14.3 Å². The number of aromatic nitrogens is 3. The maximum absolute atomic E-state index is 12.4. The van der Waals surface area contributed by atoms with E-state index in [1.165, 1.54) is 0 Å². The van der Waals surface area contributed by atoms with Gasteiger partial charge in [-0.15, -0.1) is 0 Å². The van der Waals surface area contributed by atoms with Crippen molar-refractivity contribution < 1.29 is 26.3 Å². The first-order valence-corrected chi connectivity index (χ1v) is 6.97. The van der Waals surface area contributed by atoms with Crippen molar-refractivity contribution >= 4 is 23.3 Å². The molecule has 0 unspecified atom stereocenters. The van der Waals surface area contributed by atoms with Gasteiger partial charge in [0, 0.05) is 11.8 Å². The molecule has 0 radical (unpaired) electrons. The topological polar surface area (TPSA) is 38.7 Å². The molecular formula is C10H5F6N3S2. The molecule has 2 aromatic rings. The fraction of sp³-hybridized carbons (Fsp3) is 0.300. The summed E-state index contributed by atoms with van der Waals surface area (Å²) in [6.45, 7) is 0. The van der Waals surface area contributed by atoms with E-state index in [-0.39, 0.29) is 16.5 Å². The highest BCUT2D eigenvalue weighted by Crippen LogP contribution is 2.34. The Morgan fingerprint density at radius 2 is 1.71 bits per heavy atom. The van der Waals surface area contributed by atoms with Gasteiger partial charge in [0.2, 0.25) is 0 Å². The minimum absolute atomic E-state index is 0.0129. The number of hydrogen-bond donors (Lipinski definition) is 0. The van der Waals surface area contributed by atoms with Crippen molar-refractivity contribution in [3.8, 4) is 0 Å². The normalized spacial score (nSPS) is 12.7. The summed E-state index contributed by atoms with van der Waals surface area (Å²) in [6, 6.07) is 1.60. The van der Waals surface area contributed by atoms with Gasteiger partial charge < -0.3 is 0 Å². The summed E-state index contributed by atoms with van der Waals surface area (Å²) in [4.78, 5) is 5.87. The standard InChI is InChI=1S/C10H5F6N3S2/c11-9(12,13)6-2-8(18-4-17-6)20-3-5-1-7(21-19-5)10(14,15)16/h1-2,4H,3H2. The number of rotatable bonds is 3. The molecule has 11 heteroatoms. The summed E-state index contributed by atoms with van der Waals surface area (Å²) >= 11 is 1.15. The van der Waals surface area contributed by atoms with Gasteiger partial charge in [-0.2, -0.15) is 30.7 Å². The average Bonchev–Trinajstić information content (AvgIpc) is 2.84. The molecule has 0 bridgehead atoms. The Bertz CT molecular complexity index is 622. The van der Waals surface area contributed by atoms with E-state index < -0.39 is 22.9 Å². The summed E-state index contributed by atoms with van der Waals surface area (Å²) < 4.78 is 78.0. The summed E-state index contributed by atoms with van der Waals surface area (Å²) in [5.74, 6) is -0.0130. The van der Waals surface area contributed by atoms with Crippen LogP contribution in [0.15, 0.2) is 23.5 Å². The minimum Gasteiger partial charge on any atom is -0.232 e. The van der Waals surface area contributed by atoms with Gasteiger partial charge in [0.25, 0.3) is 0 Å². The van der Waals surface area contributed by atoms with Gasteiger partial charge in [-0.25, -0.2) is 9.97 Å². The van der Waals surface area contributed by atoms with Crippen molar-refractivity contribution in [1.82, 2.24) is 14.3 Å². The Balaban J connectivity index is 2.05. The largest absolute Gasteiger partial charge is 0.433 e. The predicted molar refractivity (Wildman–Crippen MR) is 63.7 cm³/mol. The van der Waals surface area contributed by atoms with Crippen molar-refractivity contribution in [3.05, 3.63) is 34.7 Å². The Kier molecular flexibility index (Phi) is 4.42. The van der Waals surface area contributed by atoms with E-state index >= 15 is 0 Å². The van der Waals surface area contributed by atoms with Crippen LogP contribution in [0.4, 0.5) is 26.3 Å². The lowest BCUT2D eigenvalue weighted by Crippen LogP contribution is -2.08. The maximum Gasteiger partial charge on any atom is 0.433 e. The molecule has 0 aliphatic heterocycles. The highest BCUT2D eigenvalue weighted by Gasteiger charge is 2.34. The molecule has 2 rings (SSSR count). The fourth-order valence-corrected chi connectivity index (χ4v) is 2.70. The molecule has 0 aliphatic rings. The van der Waals surface area contributed by atoms with Crippen LogP contribution in [-0.2, 0) is 18.1 Å². The first-order chi connectivity index (χ1) is 9.66. The Hall–Kier alpha value is -1.36. The molecule has 0 atom stereocenters. The molecule has 0 fully saturated rings. The molecule has 0 aromatic carbocycles. The molecule has 2 heterocycles. The summed E-state index contributed by atoms with van der Waals surface area (Å²) in [6.07, 6.45) is -8.31. The number of thioether (sulfide) groups is 1. The predicted octanol–water partition coefficient (Wildman–Crippen LogP) is 4.26. The van der Waals surface area contributed by atoms with Gasteiger partial charge in [-0.05, 0) is 17.6 Å². The number of alkyl halides is 6. The maximum atomic E-state index is 12.4. The molecular weight excluding hydrogens is 340 g/mol. The molecule has 21 heavy (non-hydrogen) atoms. The Morgan fingerprint density at radius 1 is 1.00 bits per heavy atom. The van der Waals surface area contributed by atoms with Crippen molar-refractivity contribution in [2.75, 3.05) is 0 Å². The Morgan fingerprint density at radius 3 is 2.29 bits per heavy atom. The third kappa shape index (κ3) is 4.30. The molecule has 114 valence electrons. The van der Waals surface area contributed by atoms with Gasteiger partial charge in [-0.1, -0.05) is 11.8 Å². The molecule has 0 N–H and O–H groups in total. The average molecular weight is 345 g/mol. The van der Waals surface area contributed by atoms with Gasteiger partial charge in [0.15, 0.2) is 0 Å². The Labute approximate surface area is 122 Å². The van der Waals surface area contributed by atoms with Crippen molar-refractivity contribution in [3.63, 3.8) is 0 Å². The van der Waals surface area contributed by atoms with Gasteiger partial charge in [-0.3, -0.25) is 0 Å². The first-order valence-electron chi connectivity index (χ1n) is 5.21. The highest BCUT2D eigenvalue weighted by molar-refractivity contribution is 7.98. The van der Waals surface area contributed by atoms with E-state index in [1.54, 1.807) is 0 Å². The van der Waals surface area contributed by atoms with E-state index in [2.05, 4.69) is 14.3 Å². The van der Waals surface area contributed by atoms with E-state index in [4.69, 9.17) is 0 Å².